The van der Waals surface area contributed by atoms with E-state index in [1.165, 1.54) is 0 Å². The predicted octanol–water partition coefficient (Wildman–Crippen LogP) is 0.708. The first-order valence-electron chi connectivity index (χ1n) is 6.00. The number of carbonyl (C=O) groups excluding carboxylic acids is 3. The zero-order chi connectivity index (χ0) is 12.4. The number of rotatable bonds is 4. The second-order valence-corrected chi connectivity index (χ2v) is 4.58. The lowest BCUT2D eigenvalue weighted by atomic mass is 9.99. The van der Waals surface area contributed by atoms with Gasteiger partial charge < -0.3 is 9.47 Å². The van der Waals surface area contributed by atoms with Gasteiger partial charge in [0.2, 0.25) is 0 Å². The van der Waals surface area contributed by atoms with Crippen molar-refractivity contribution in [2.24, 2.45) is 17.8 Å². The molecule has 0 heterocycles. The van der Waals surface area contributed by atoms with Gasteiger partial charge in [-0.1, -0.05) is 0 Å². The number of ether oxygens (including phenoxy) is 2. The molecule has 0 aliphatic heterocycles. The minimum Gasteiger partial charge on any atom is -0.458 e. The topological polar surface area (TPSA) is 69.7 Å². The molecule has 0 radical (unpaired) electrons. The molecule has 17 heavy (non-hydrogen) atoms. The largest absolute Gasteiger partial charge is 0.458 e. The minimum absolute atomic E-state index is 0.0370. The van der Waals surface area contributed by atoms with Crippen LogP contribution in [0.15, 0.2) is 0 Å². The Hall–Kier alpha value is -1.39. The first kappa shape index (κ1) is 12.1. The van der Waals surface area contributed by atoms with Gasteiger partial charge >= 0.3 is 11.9 Å². The van der Waals surface area contributed by atoms with E-state index in [1.54, 1.807) is 6.92 Å². The molecule has 0 saturated heterocycles. The smallest absolute Gasteiger partial charge is 0.417 e. The fourth-order valence-electron chi connectivity index (χ4n) is 2.55. The van der Waals surface area contributed by atoms with Crippen LogP contribution in [0.5, 0.6) is 0 Å². The molecule has 0 amide bonds. The van der Waals surface area contributed by atoms with Crippen LogP contribution in [-0.2, 0) is 23.9 Å². The zero-order valence-electron chi connectivity index (χ0n) is 9.81. The molecular formula is C12H16O5. The Morgan fingerprint density at radius 3 is 2.59 bits per heavy atom. The van der Waals surface area contributed by atoms with Crippen molar-refractivity contribution in [3.05, 3.63) is 0 Å². The molecule has 2 aliphatic carbocycles. The van der Waals surface area contributed by atoms with E-state index in [-0.39, 0.29) is 24.9 Å². The first-order chi connectivity index (χ1) is 8.13. The van der Waals surface area contributed by atoms with Gasteiger partial charge in [-0.25, -0.2) is 9.59 Å². The number of Topliss-reactive ketones (excluding diaryl/α,β-unsaturated/α-hetero) is 1. The molecule has 3 unspecified atom stereocenters. The van der Waals surface area contributed by atoms with E-state index >= 15 is 0 Å². The van der Waals surface area contributed by atoms with E-state index in [0.717, 1.165) is 6.42 Å². The summed E-state index contributed by atoms with van der Waals surface area (Å²) in [5.74, 6) is -0.537. The van der Waals surface area contributed by atoms with Crippen LogP contribution in [0.25, 0.3) is 0 Å². The highest BCUT2D eigenvalue weighted by Gasteiger charge is 2.52. The van der Waals surface area contributed by atoms with E-state index in [4.69, 9.17) is 4.74 Å². The highest BCUT2D eigenvalue weighted by molar-refractivity contribution is 6.29. The molecular weight excluding hydrogens is 224 g/mol. The second-order valence-electron chi connectivity index (χ2n) is 4.58. The molecule has 0 N–H and O–H groups in total. The van der Waals surface area contributed by atoms with Crippen LogP contribution in [0.1, 0.15) is 26.2 Å². The summed E-state index contributed by atoms with van der Waals surface area (Å²) in [5.41, 5.74) is 0. The molecule has 2 saturated carbocycles. The van der Waals surface area contributed by atoms with E-state index < -0.39 is 11.9 Å². The fourth-order valence-corrected chi connectivity index (χ4v) is 2.55. The number of hydrogen-bond donors (Lipinski definition) is 0. The number of fused-ring (bicyclic) bond motifs is 1. The van der Waals surface area contributed by atoms with E-state index in [0.29, 0.717) is 24.7 Å². The summed E-state index contributed by atoms with van der Waals surface area (Å²) in [7, 11) is 0. The van der Waals surface area contributed by atoms with Gasteiger partial charge in [0, 0.05) is 12.3 Å². The Morgan fingerprint density at radius 1 is 1.29 bits per heavy atom. The summed E-state index contributed by atoms with van der Waals surface area (Å²) < 4.78 is 9.26. The highest BCUT2D eigenvalue weighted by atomic mass is 16.6. The van der Waals surface area contributed by atoms with Crippen molar-refractivity contribution in [1.82, 2.24) is 0 Å². The van der Waals surface area contributed by atoms with Gasteiger partial charge in [0.1, 0.15) is 5.78 Å². The molecule has 94 valence electrons. The van der Waals surface area contributed by atoms with Crippen molar-refractivity contribution < 1.29 is 23.9 Å². The maximum atomic E-state index is 11.5. The average molecular weight is 240 g/mol. The lowest BCUT2D eigenvalue weighted by molar-refractivity contribution is -0.167. The number of ketones is 1. The Bertz CT molecular complexity index is 349. The van der Waals surface area contributed by atoms with Gasteiger partial charge in [-0.3, -0.25) is 4.79 Å². The predicted molar refractivity (Wildman–Crippen MR) is 56.9 cm³/mol. The van der Waals surface area contributed by atoms with Crippen LogP contribution in [0.2, 0.25) is 0 Å². The van der Waals surface area contributed by atoms with Crippen LogP contribution in [-0.4, -0.2) is 30.9 Å². The Kier molecular flexibility index (Phi) is 3.45. The SMILES string of the molecule is CCOC(=O)C(=O)OCCC1C(=O)CC2CC21. The maximum Gasteiger partial charge on any atom is 0.417 e. The van der Waals surface area contributed by atoms with Crippen molar-refractivity contribution in [2.75, 3.05) is 13.2 Å². The molecule has 3 atom stereocenters. The molecule has 2 rings (SSSR count). The molecule has 2 aliphatic rings. The monoisotopic (exact) mass is 240 g/mol. The van der Waals surface area contributed by atoms with E-state index in [9.17, 15) is 14.4 Å². The van der Waals surface area contributed by atoms with Crippen molar-refractivity contribution in [3.63, 3.8) is 0 Å². The van der Waals surface area contributed by atoms with Crippen molar-refractivity contribution in [3.8, 4) is 0 Å². The minimum atomic E-state index is -0.968. The first-order valence-corrected chi connectivity index (χ1v) is 6.00. The third-order valence-corrected chi connectivity index (χ3v) is 3.48. The lowest BCUT2D eigenvalue weighted by Gasteiger charge is -2.10. The molecule has 5 heteroatoms. The van der Waals surface area contributed by atoms with Gasteiger partial charge in [0.15, 0.2) is 0 Å². The van der Waals surface area contributed by atoms with Crippen LogP contribution in [0.4, 0.5) is 0 Å². The Labute approximate surface area is 99.5 Å². The lowest BCUT2D eigenvalue weighted by Crippen LogP contribution is -2.22. The number of esters is 2. The molecule has 0 bridgehead atoms. The van der Waals surface area contributed by atoms with Crippen LogP contribution in [0, 0.1) is 17.8 Å². The summed E-state index contributed by atoms with van der Waals surface area (Å²) in [6.07, 6.45) is 2.34. The van der Waals surface area contributed by atoms with Crippen LogP contribution < -0.4 is 0 Å². The van der Waals surface area contributed by atoms with Crippen LogP contribution >= 0.6 is 0 Å². The summed E-state index contributed by atoms with van der Waals surface area (Å²) in [4.78, 5) is 33.5. The van der Waals surface area contributed by atoms with Gasteiger partial charge in [0.25, 0.3) is 0 Å². The number of carbonyl (C=O) groups is 3. The summed E-state index contributed by atoms with van der Waals surface area (Å²) in [6.45, 7) is 1.89. The Balaban J connectivity index is 1.67. The zero-order valence-corrected chi connectivity index (χ0v) is 9.81. The highest BCUT2D eigenvalue weighted by Crippen LogP contribution is 2.54. The third kappa shape index (κ3) is 2.65. The standard InChI is InChI=1S/C12H16O5/c1-2-16-11(14)12(15)17-4-3-8-9-5-7(9)6-10(8)13/h7-9H,2-6H2,1H3. The molecule has 2 fully saturated rings. The molecule has 0 aromatic heterocycles. The van der Waals surface area contributed by atoms with Crippen molar-refractivity contribution in [1.29, 1.82) is 0 Å². The van der Waals surface area contributed by atoms with Gasteiger partial charge in [0.05, 0.1) is 13.2 Å². The molecule has 5 nitrogen and oxygen atoms in total. The quantitative estimate of drug-likeness (QED) is 0.534. The van der Waals surface area contributed by atoms with E-state index in [2.05, 4.69) is 4.74 Å². The summed E-state index contributed by atoms with van der Waals surface area (Å²) in [6, 6.07) is 0. The third-order valence-electron chi connectivity index (χ3n) is 3.48. The van der Waals surface area contributed by atoms with E-state index in [1.807, 2.05) is 0 Å². The van der Waals surface area contributed by atoms with Crippen LogP contribution in [0.3, 0.4) is 0 Å². The molecule has 0 aromatic carbocycles. The summed E-state index contributed by atoms with van der Waals surface area (Å²) >= 11 is 0. The fraction of sp³-hybridized carbons (Fsp3) is 0.750. The summed E-state index contributed by atoms with van der Waals surface area (Å²) in [5, 5.41) is 0. The van der Waals surface area contributed by atoms with Crippen molar-refractivity contribution in [2.45, 2.75) is 26.2 Å². The second kappa shape index (κ2) is 4.85. The van der Waals surface area contributed by atoms with Gasteiger partial charge in [-0.2, -0.15) is 0 Å². The normalized spacial score (nSPS) is 29.7. The van der Waals surface area contributed by atoms with Gasteiger partial charge in [-0.15, -0.1) is 0 Å². The maximum absolute atomic E-state index is 11.5. The average Bonchev–Trinajstić information content (AvgIpc) is 2.96. The van der Waals surface area contributed by atoms with Crippen molar-refractivity contribution >= 4 is 17.7 Å². The van der Waals surface area contributed by atoms with Gasteiger partial charge in [-0.05, 0) is 31.6 Å². The Morgan fingerprint density at radius 2 is 2.00 bits per heavy atom. The number of hydrogen-bond acceptors (Lipinski definition) is 5. The molecule has 0 spiro atoms. The molecule has 0 aromatic rings.